The van der Waals surface area contributed by atoms with Crippen LogP contribution in [0.2, 0.25) is 0 Å². The van der Waals surface area contributed by atoms with E-state index >= 15 is 0 Å². The average molecular weight is 266 g/mol. The predicted molar refractivity (Wildman–Crippen MR) is 76.2 cm³/mol. The van der Waals surface area contributed by atoms with E-state index in [1.54, 1.807) is 0 Å². The highest BCUT2D eigenvalue weighted by Crippen LogP contribution is 2.14. The minimum Gasteiger partial charge on any atom is -0.205 e. The van der Waals surface area contributed by atoms with Gasteiger partial charge >= 0.3 is 0 Å². The molecule has 0 amide bonds. The van der Waals surface area contributed by atoms with Crippen LogP contribution in [0.4, 0.5) is 8.78 Å². The maximum absolute atomic E-state index is 13.5. The van der Waals surface area contributed by atoms with E-state index in [4.69, 9.17) is 6.42 Å². The van der Waals surface area contributed by atoms with Gasteiger partial charge in [0.05, 0.1) is 5.56 Å². The molecule has 0 saturated heterocycles. The molecule has 0 heterocycles. The van der Waals surface area contributed by atoms with Gasteiger partial charge < -0.3 is 0 Å². The third-order valence-electron chi connectivity index (χ3n) is 2.91. The highest BCUT2D eigenvalue weighted by Gasteiger charge is 2.07. The maximum Gasteiger partial charge on any atom is 0.143 e. The first kappa shape index (κ1) is 13.8. The second-order valence-electron chi connectivity index (χ2n) is 4.53. The van der Waals surface area contributed by atoms with Crippen LogP contribution in [0.3, 0.4) is 0 Å². The molecule has 0 saturated carbocycles. The lowest BCUT2D eigenvalue weighted by molar-refractivity contribution is 0.577. The second-order valence-corrected chi connectivity index (χ2v) is 4.53. The van der Waals surface area contributed by atoms with E-state index in [9.17, 15) is 8.78 Å². The molecule has 2 rings (SSSR count). The Labute approximate surface area is 117 Å². The summed E-state index contributed by atoms with van der Waals surface area (Å²) in [4.78, 5) is 0. The van der Waals surface area contributed by atoms with Crippen molar-refractivity contribution in [2.45, 2.75) is 13.8 Å². The average Bonchev–Trinajstić information content (AvgIpc) is 2.37. The fourth-order valence-electron chi connectivity index (χ4n) is 1.88. The summed E-state index contributed by atoms with van der Waals surface area (Å²) in [6, 6.07) is 8.13. The Bertz CT molecular complexity index is 745. The molecule has 0 unspecified atom stereocenters. The summed E-state index contributed by atoms with van der Waals surface area (Å²) in [5.41, 5.74) is 2.90. The van der Waals surface area contributed by atoms with Crippen LogP contribution in [0.1, 0.15) is 27.8 Å². The number of halogens is 2. The van der Waals surface area contributed by atoms with Gasteiger partial charge in [-0.3, -0.25) is 0 Å². The van der Waals surface area contributed by atoms with E-state index in [2.05, 4.69) is 11.8 Å². The van der Waals surface area contributed by atoms with Crippen molar-refractivity contribution in [3.05, 3.63) is 69.8 Å². The van der Waals surface area contributed by atoms with Crippen LogP contribution in [0.25, 0.3) is 0 Å². The van der Waals surface area contributed by atoms with Crippen LogP contribution >= 0.6 is 0 Å². The van der Waals surface area contributed by atoms with E-state index in [1.165, 1.54) is 0 Å². The molecule has 2 heteroatoms. The largest absolute Gasteiger partial charge is 0.205 e. The topological polar surface area (TPSA) is 0 Å². The van der Waals surface area contributed by atoms with E-state index in [0.717, 1.165) is 28.8 Å². The minimum atomic E-state index is -0.766. The molecule has 0 aliphatic heterocycles. The first-order valence-corrected chi connectivity index (χ1v) is 6.06. The third-order valence-corrected chi connectivity index (χ3v) is 2.91. The van der Waals surface area contributed by atoms with Gasteiger partial charge in [0, 0.05) is 11.1 Å². The van der Waals surface area contributed by atoms with Crippen LogP contribution in [0.5, 0.6) is 0 Å². The molecule has 0 aliphatic rings. The quantitative estimate of drug-likeness (QED) is 0.633. The van der Waals surface area contributed by atoms with E-state index in [-0.39, 0.29) is 11.1 Å². The molecule has 0 fully saturated rings. The number of hydrogen-bond acceptors (Lipinski definition) is 0. The normalized spacial score (nSPS) is 9.55. The highest BCUT2D eigenvalue weighted by molar-refractivity contribution is 5.49. The van der Waals surface area contributed by atoms with Gasteiger partial charge in [-0.15, -0.1) is 6.42 Å². The van der Waals surface area contributed by atoms with Crippen LogP contribution in [0.15, 0.2) is 30.3 Å². The maximum atomic E-state index is 13.5. The summed E-state index contributed by atoms with van der Waals surface area (Å²) >= 11 is 0. The molecule has 0 spiro atoms. The standard InChI is InChI=1S/C18H12F2/c1-4-16-17(19)10-14(11-18(16)20)6-8-15-7-5-12(2)9-13(15)3/h1,5,7,9-11H,2-3H3. The SMILES string of the molecule is C#Cc1c(F)cc(C#Cc2ccc(C)cc2C)cc1F. The van der Waals surface area contributed by atoms with Gasteiger partial charge in [0.2, 0.25) is 0 Å². The zero-order chi connectivity index (χ0) is 14.7. The van der Waals surface area contributed by atoms with Crippen LogP contribution in [0, 0.1) is 49.7 Å². The van der Waals surface area contributed by atoms with Crippen LogP contribution in [-0.2, 0) is 0 Å². The molecule has 0 atom stereocenters. The van der Waals surface area contributed by atoms with Gasteiger partial charge in [0.15, 0.2) is 0 Å². The summed E-state index contributed by atoms with van der Waals surface area (Å²) in [6.45, 7) is 3.94. The molecule has 0 aliphatic carbocycles. The van der Waals surface area contributed by atoms with Crippen LogP contribution in [-0.4, -0.2) is 0 Å². The van der Waals surface area contributed by atoms with Crippen molar-refractivity contribution in [1.82, 2.24) is 0 Å². The Morgan fingerprint density at radius 2 is 1.60 bits per heavy atom. The summed E-state index contributed by atoms with van der Waals surface area (Å²) in [7, 11) is 0. The van der Waals surface area contributed by atoms with E-state index < -0.39 is 11.6 Å². The predicted octanol–water partition coefficient (Wildman–Crippen LogP) is 3.96. The van der Waals surface area contributed by atoms with Gasteiger partial charge in [-0.25, -0.2) is 8.78 Å². The molecular formula is C18H12F2. The molecular weight excluding hydrogens is 254 g/mol. The van der Waals surface area contributed by atoms with Gasteiger partial charge in [-0.2, -0.15) is 0 Å². The Kier molecular flexibility index (Phi) is 3.87. The summed E-state index contributed by atoms with van der Waals surface area (Å²) in [5.74, 6) is 6.12. The Hall–Kier alpha value is -2.58. The van der Waals surface area contributed by atoms with Gasteiger partial charge in [-0.1, -0.05) is 35.5 Å². The number of terminal acetylenes is 1. The molecule has 20 heavy (non-hydrogen) atoms. The molecule has 98 valence electrons. The van der Waals surface area contributed by atoms with Crippen molar-refractivity contribution in [1.29, 1.82) is 0 Å². The smallest absolute Gasteiger partial charge is 0.143 e. The minimum absolute atomic E-state index is 0.263. The summed E-state index contributed by atoms with van der Waals surface area (Å²) < 4.78 is 27.0. The zero-order valence-electron chi connectivity index (χ0n) is 11.2. The van der Waals surface area contributed by atoms with Crippen molar-refractivity contribution in [3.8, 4) is 24.2 Å². The van der Waals surface area contributed by atoms with Crippen molar-refractivity contribution >= 4 is 0 Å². The Morgan fingerprint density at radius 1 is 0.950 bits per heavy atom. The van der Waals surface area contributed by atoms with Crippen LogP contribution < -0.4 is 0 Å². The fraction of sp³-hybridized carbons (Fsp3) is 0.111. The van der Waals surface area contributed by atoms with Gasteiger partial charge in [0.1, 0.15) is 11.6 Å². The number of hydrogen-bond donors (Lipinski definition) is 0. The summed E-state index contributed by atoms with van der Waals surface area (Å²) in [6.07, 6.45) is 5.03. The number of aryl methyl sites for hydroxylation is 2. The third kappa shape index (κ3) is 2.87. The van der Waals surface area contributed by atoms with E-state index in [1.807, 2.05) is 38.0 Å². The second kappa shape index (κ2) is 5.59. The fourth-order valence-corrected chi connectivity index (χ4v) is 1.88. The molecule has 0 radical (unpaired) electrons. The molecule has 2 aromatic carbocycles. The zero-order valence-corrected chi connectivity index (χ0v) is 11.2. The van der Waals surface area contributed by atoms with Crippen molar-refractivity contribution < 1.29 is 8.78 Å². The van der Waals surface area contributed by atoms with Crippen molar-refractivity contribution in [2.24, 2.45) is 0 Å². The lowest BCUT2D eigenvalue weighted by Gasteiger charge is -2.00. The molecule has 0 nitrogen and oxygen atoms in total. The lowest BCUT2D eigenvalue weighted by atomic mass is 10.1. The first-order valence-electron chi connectivity index (χ1n) is 6.06. The van der Waals surface area contributed by atoms with E-state index in [0.29, 0.717) is 0 Å². The van der Waals surface area contributed by atoms with Crippen molar-refractivity contribution in [2.75, 3.05) is 0 Å². The molecule has 0 aromatic heterocycles. The monoisotopic (exact) mass is 266 g/mol. The van der Waals surface area contributed by atoms with Gasteiger partial charge in [-0.05, 0) is 37.6 Å². The lowest BCUT2D eigenvalue weighted by Crippen LogP contribution is -1.92. The first-order chi connectivity index (χ1) is 9.51. The Balaban J connectivity index is 2.41. The number of rotatable bonds is 0. The summed E-state index contributed by atoms with van der Waals surface area (Å²) in [5, 5.41) is 0. The van der Waals surface area contributed by atoms with Gasteiger partial charge in [0.25, 0.3) is 0 Å². The Morgan fingerprint density at radius 3 is 2.15 bits per heavy atom. The number of benzene rings is 2. The van der Waals surface area contributed by atoms with Crippen molar-refractivity contribution in [3.63, 3.8) is 0 Å². The molecule has 0 N–H and O–H groups in total. The highest BCUT2D eigenvalue weighted by atomic mass is 19.1. The molecule has 0 bridgehead atoms. The molecule has 2 aromatic rings.